The molecule has 0 radical (unpaired) electrons. The Bertz CT molecular complexity index is 545. The van der Waals surface area contributed by atoms with Crippen LogP contribution in [-0.4, -0.2) is 35.0 Å². The van der Waals surface area contributed by atoms with Gasteiger partial charge in [-0.2, -0.15) is 0 Å². The lowest BCUT2D eigenvalue weighted by atomic mass is 10.1. The third-order valence-corrected chi connectivity index (χ3v) is 2.71. The summed E-state index contributed by atoms with van der Waals surface area (Å²) in [6.07, 6.45) is 0.819. The lowest BCUT2D eigenvalue weighted by molar-refractivity contribution is -0.385. The molecule has 0 aromatic heterocycles. The van der Waals surface area contributed by atoms with Crippen molar-refractivity contribution in [3.8, 4) is 0 Å². The number of nitro benzene ring substituents is 1. The van der Waals surface area contributed by atoms with E-state index in [1.54, 1.807) is 0 Å². The standard InChI is InChI=1S/C13H17N3O5/c1-2-6-15-11(17)8-14-7-9-4-3-5-10(16(20)21)12(9)13(18)19/h3-5,14H,2,6-8H2,1H3,(H,15,17)(H,18,19). The van der Waals surface area contributed by atoms with Gasteiger partial charge >= 0.3 is 5.97 Å². The van der Waals surface area contributed by atoms with Gasteiger partial charge < -0.3 is 15.7 Å². The minimum atomic E-state index is -1.37. The first-order chi connectivity index (χ1) is 9.97. The molecule has 0 unspecified atom stereocenters. The highest BCUT2D eigenvalue weighted by molar-refractivity contribution is 5.94. The minimum absolute atomic E-state index is 0.0156. The molecule has 0 fully saturated rings. The van der Waals surface area contributed by atoms with Crippen molar-refractivity contribution < 1.29 is 19.6 Å². The molecule has 21 heavy (non-hydrogen) atoms. The summed E-state index contributed by atoms with van der Waals surface area (Å²) in [5, 5.41) is 25.4. The highest BCUT2D eigenvalue weighted by Gasteiger charge is 2.23. The number of carboxylic acid groups (broad SMARTS) is 1. The summed E-state index contributed by atoms with van der Waals surface area (Å²) in [5.41, 5.74) is -0.554. The van der Waals surface area contributed by atoms with E-state index in [1.165, 1.54) is 12.1 Å². The monoisotopic (exact) mass is 295 g/mol. The van der Waals surface area contributed by atoms with Crippen molar-refractivity contribution in [3.63, 3.8) is 0 Å². The van der Waals surface area contributed by atoms with Crippen molar-refractivity contribution in [3.05, 3.63) is 39.4 Å². The van der Waals surface area contributed by atoms with Crippen LogP contribution >= 0.6 is 0 Å². The van der Waals surface area contributed by atoms with Crippen molar-refractivity contribution >= 4 is 17.6 Å². The van der Waals surface area contributed by atoms with Gasteiger partial charge in [0.25, 0.3) is 5.69 Å². The number of aromatic carboxylic acids is 1. The van der Waals surface area contributed by atoms with E-state index >= 15 is 0 Å². The number of rotatable bonds is 8. The molecule has 0 saturated heterocycles. The number of nitrogens with one attached hydrogen (secondary N) is 2. The molecule has 0 saturated carbocycles. The predicted molar refractivity (Wildman–Crippen MR) is 75.1 cm³/mol. The van der Waals surface area contributed by atoms with Crippen molar-refractivity contribution in [2.75, 3.05) is 13.1 Å². The Balaban J connectivity index is 2.75. The fourth-order valence-corrected chi connectivity index (χ4v) is 1.77. The summed E-state index contributed by atoms with van der Waals surface area (Å²) in [6.45, 7) is 2.57. The predicted octanol–water partition coefficient (Wildman–Crippen LogP) is 0.909. The molecular formula is C13H17N3O5. The van der Waals surface area contributed by atoms with Crippen molar-refractivity contribution in [2.45, 2.75) is 19.9 Å². The number of hydrogen-bond donors (Lipinski definition) is 3. The Hall–Kier alpha value is -2.48. The second kappa shape index (κ2) is 7.95. The molecular weight excluding hydrogens is 278 g/mol. The van der Waals surface area contributed by atoms with E-state index in [-0.39, 0.29) is 30.1 Å². The zero-order valence-corrected chi connectivity index (χ0v) is 11.6. The number of benzene rings is 1. The van der Waals surface area contributed by atoms with Crippen molar-refractivity contribution in [1.82, 2.24) is 10.6 Å². The van der Waals surface area contributed by atoms with E-state index < -0.39 is 16.6 Å². The molecule has 1 amide bonds. The molecule has 114 valence electrons. The second-order valence-electron chi connectivity index (χ2n) is 4.33. The van der Waals surface area contributed by atoms with E-state index in [2.05, 4.69) is 10.6 Å². The smallest absolute Gasteiger partial charge is 0.343 e. The molecule has 0 aliphatic heterocycles. The van der Waals surface area contributed by atoms with E-state index in [4.69, 9.17) is 5.11 Å². The SMILES string of the molecule is CCCNC(=O)CNCc1cccc([N+](=O)[O-])c1C(=O)O. The molecule has 1 aromatic rings. The van der Waals surface area contributed by atoms with Gasteiger partial charge in [-0.25, -0.2) is 4.79 Å². The third kappa shape index (κ3) is 4.84. The van der Waals surface area contributed by atoms with Crippen LogP contribution in [0.2, 0.25) is 0 Å². The topological polar surface area (TPSA) is 122 Å². The Kier molecular flexibility index (Phi) is 6.28. The van der Waals surface area contributed by atoms with Gasteiger partial charge in [0.2, 0.25) is 5.91 Å². The van der Waals surface area contributed by atoms with Gasteiger partial charge in [-0.1, -0.05) is 19.1 Å². The molecule has 0 spiro atoms. The highest BCUT2D eigenvalue weighted by Crippen LogP contribution is 2.22. The summed E-state index contributed by atoms with van der Waals surface area (Å²) in [6, 6.07) is 4.03. The van der Waals surface area contributed by atoms with Gasteiger partial charge in [0, 0.05) is 19.2 Å². The number of carboxylic acids is 1. The molecule has 1 rings (SSSR count). The van der Waals surface area contributed by atoms with Crippen LogP contribution in [0.25, 0.3) is 0 Å². The van der Waals surface area contributed by atoms with E-state index in [1.807, 2.05) is 6.92 Å². The number of carbonyl (C=O) groups is 2. The Morgan fingerprint density at radius 1 is 1.38 bits per heavy atom. The minimum Gasteiger partial charge on any atom is -0.477 e. The van der Waals surface area contributed by atoms with Gasteiger partial charge in [-0.05, 0) is 12.0 Å². The fraction of sp³-hybridized carbons (Fsp3) is 0.385. The number of amides is 1. The summed E-state index contributed by atoms with van der Waals surface area (Å²) in [7, 11) is 0. The first kappa shape index (κ1) is 16.6. The van der Waals surface area contributed by atoms with Gasteiger partial charge in [0.05, 0.1) is 11.5 Å². The molecule has 8 heteroatoms. The maximum Gasteiger partial charge on any atom is 0.343 e. The van der Waals surface area contributed by atoms with Gasteiger partial charge in [0.15, 0.2) is 0 Å². The van der Waals surface area contributed by atoms with Crippen LogP contribution in [0.5, 0.6) is 0 Å². The lowest BCUT2D eigenvalue weighted by Gasteiger charge is -2.08. The van der Waals surface area contributed by atoms with Crippen molar-refractivity contribution in [1.29, 1.82) is 0 Å². The molecule has 8 nitrogen and oxygen atoms in total. The van der Waals surface area contributed by atoms with Crippen LogP contribution < -0.4 is 10.6 Å². The van der Waals surface area contributed by atoms with Crippen molar-refractivity contribution in [2.24, 2.45) is 0 Å². The average Bonchev–Trinajstić information content (AvgIpc) is 2.44. The molecule has 0 aliphatic carbocycles. The van der Waals surface area contributed by atoms with Gasteiger partial charge in [-0.3, -0.25) is 14.9 Å². The van der Waals surface area contributed by atoms with Gasteiger partial charge in [-0.15, -0.1) is 0 Å². The Morgan fingerprint density at radius 3 is 2.67 bits per heavy atom. The molecule has 0 atom stereocenters. The highest BCUT2D eigenvalue weighted by atomic mass is 16.6. The molecule has 3 N–H and O–H groups in total. The van der Waals surface area contributed by atoms with E-state index in [0.29, 0.717) is 6.54 Å². The Labute approximate surface area is 121 Å². The molecule has 0 heterocycles. The summed E-state index contributed by atoms with van der Waals surface area (Å²) < 4.78 is 0. The Morgan fingerprint density at radius 2 is 2.10 bits per heavy atom. The van der Waals surface area contributed by atoms with Gasteiger partial charge in [0.1, 0.15) is 5.56 Å². The largest absolute Gasteiger partial charge is 0.477 e. The van der Waals surface area contributed by atoms with E-state index in [0.717, 1.165) is 12.5 Å². The first-order valence-corrected chi connectivity index (χ1v) is 6.44. The summed E-state index contributed by atoms with van der Waals surface area (Å²) in [5.74, 6) is -1.58. The molecule has 0 bridgehead atoms. The van der Waals surface area contributed by atoms with Crippen LogP contribution in [0, 0.1) is 10.1 Å². The molecule has 1 aromatic carbocycles. The van der Waals surface area contributed by atoms with Crippen LogP contribution in [0.15, 0.2) is 18.2 Å². The zero-order chi connectivity index (χ0) is 15.8. The fourth-order valence-electron chi connectivity index (χ4n) is 1.77. The molecule has 0 aliphatic rings. The number of carbonyl (C=O) groups excluding carboxylic acids is 1. The first-order valence-electron chi connectivity index (χ1n) is 6.44. The lowest BCUT2D eigenvalue weighted by Crippen LogP contribution is -2.34. The maximum absolute atomic E-state index is 11.4. The van der Waals surface area contributed by atoms with E-state index in [9.17, 15) is 19.7 Å². The third-order valence-electron chi connectivity index (χ3n) is 2.71. The summed E-state index contributed by atoms with van der Waals surface area (Å²) >= 11 is 0. The van der Waals surface area contributed by atoms with Crippen LogP contribution in [-0.2, 0) is 11.3 Å². The second-order valence-corrected chi connectivity index (χ2v) is 4.33. The normalized spacial score (nSPS) is 10.1. The number of nitrogens with zero attached hydrogens (tertiary/aromatic N) is 1. The average molecular weight is 295 g/mol. The maximum atomic E-state index is 11.4. The van der Waals surface area contributed by atoms with Crippen LogP contribution in [0.1, 0.15) is 29.3 Å². The van der Waals surface area contributed by atoms with Crippen LogP contribution in [0.4, 0.5) is 5.69 Å². The zero-order valence-electron chi connectivity index (χ0n) is 11.6. The number of hydrogen-bond acceptors (Lipinski definition) is 5. The van der Waals surface area contributed by atoms with Crippen LogP contribution in [0.3, 0.4) is 0 Å². The quantitative estimate of drug-likeness (QED) is 0.484. The number of nitro groups is 1. The summed E-state index contributed by atoms with van der Waals surface area (Å²) in [4.78, 5) is 32.7.